The third-order valence-electron chi connectivity index (χ3n) is 4.73. The van der Waals surface area contributed by atoms with Gasteiger partial charge in [-0.15, -0.1) is 0 Å². The molecule has 2 aliphatic rings. The number of carbonyl (C=O) groups excluding carboxylic acids is 2. The van der Waals surface area contributed by atoms with Gasteiger partial charge in [0.15, 0.2) is 5.69 Å². The van der Waals surface area contributed by atoms with Crippen molar-refractivity contribution >= 4 is 29.5 Å². The van der Waals surface area contributed by atoms with Gasteiger partial charge in [0.2, 0.25) is 17.8 Å². The van der Waals surface area contributed by atoms with Crippen molar-refractivity contribution in [1.82, 2.24) is 19.8 Å². The van der Waals surface area contributed by atoms with Gasteiger partial charge in [-0.2, -0.15) is 4.98 Å². The van der Waals surface area contributed by atoms with Gasteiger partial charge in [0.1, 0.15) is 5.82 Å². The lowest BCUT2D eigenvalue weighted by Gasteiger charge is -2.34. The number of anilines is 2. The van der Waals surface area contributed by atoms with Crippen molar-refractivity contribution in [2.24, 2.45) is 0 Å². The van der Waals surface area contributed by atoms with Crippen LogP contribution in [0.15, 0.2) is 6.07 Å². The predicted octanol–water partition coefficient (Wildman–Crippen LogP) is -0.886. The molecule has 2 amide bonds. The minimum Gasteiger partial charge on any atom is -0.477 e. The molecule has 2 fully saturated rings. The number of carboxylic acids is 1. The van der Waals surface area contributed by atoms with Crippen LogP contribution < -0.4 is 10.2 Å². The number of hydrogen-bond acceptors (Lipinski definition) is 8. The zero-order chi connectivity index (χ0) is 20.1. The first-order valence-electron chi connectivity index (χ1n) is 9.16. The first-order chi connectivity index (χ1) is 13.4. The summed E-state index contributed by atoms with van der Waals surface area (Å²) < 4.78 is 5.29. The molecule has 0 aliphatic carbocycles. The van der Waals surface area contributed by atoms with Crippen LogP contribution in [0.3, 0.4) is 0 Å². The highest BCUT2D eigenvalue weighted by Crippen LogP contribution is 2.16. The largest absolute Gasteiger partial charge is 0.477 e. The first-order valence-corrected chi connectivity index (χ1v) is 9.16. The molecule has 3 rings (SSSR count). The highest BCUT2D eigenvalue weighted by Gasteiger charge is 2.23. The molecule has 3 heterocycles. The Morgan fingerprint density at radius 2 is 1.71 bits per heavy atom. The van der Waals surface area contributed by atoms with Crippen molar-refractivity contribution < 1.29 is 24.2 Å². The topological polar surface area (TPSA) is 128 Å². The summed E-state index contributed by atoms with van der Waals surface area (Å²) in [6.45, 7) is 5.66. The monoisotopic (exact) mass is 392 g/mol. The number of aromatic nitrogens is 2. The lowest BCUT2D eigenvalue weighted by Crippen LogP contribution is -2.51. The summed E-state index contributed by atoms with van der Waals surface area (Å²) in [5.74, 6) is -0.709. The van der Waals surface area contributed by atoms with Crippen LogP contribution >= 0.6 is 0 Å². The maximum atomic E-state index is 12.4. The van der Waals surface area contributed by atoms with E-state index < -0.39 is 5.97 Å². The second-order valence-electron chi connectivity index (χ2n) is 6.58. The van der Waals surface area contributed by atoms with Gasteiger partial charge in [-0.05, 0) is 0 Å². The van der Waals surface area contributed by atoms with Crippen LogP contribution in [0.4, 0.5) is 11.8 Å². The van der Waals surface area contributed by atoms with E-state index in [9.17, 15) is 19.5 Å². The predicted molar refractivity (Wildman–Crippen MR) is 99.3 cm³/mol. The van der Waals surface area contributed by atoms with Gasteiger partial charge in [0.25, 0.3) is 0 Å². The first kappa shape index (κ1) is 19.8. The Kier molecular flexibility index (Phi) is 6.24. The number of nitrogens with one attached hydrogen (secondary N) is 1. The number of nitrogens with zero attached hydrogens (tertiary/aromatic N) is 5. The fourth-order valence-electron chi connectivity index (χ4n) is 3.09. The fraction of sp³-hybridized carbons (Fsp3) is 0.588. The van der Waals surface area contributed by atoms with Crippen LogP contribution in [0.5, 0.6) is 0 Å². The van der Waals surface area contributed by atoms with Gasteiger partial charge in [0.05, 0.1) is 19.8 Å². The number of aromatic carboxylic acids is 1. The maximum Gasteiger partial charge on any atom is 0.354 e. The average molecular weight is 392 g/mol. The smallest absolute Gasteiger partial charge is 0.354 e. The molecule has 0 bridgehead atoms. The molecule has 0 saturated carbocycles. The summed E-state index contributed by atoms with van der Waals surface area (Å²) in [7, 11) is 0. The van der Waals surface area contributed by atoms with Gasteiger partial charge in [-0.1, -0.05) is 0 Å². The molecular weight excluding hydrogens is 368 g/mol. The quantitative estimate of drug-likeness (QED) is 0.656. The molecule has 1 aromatic rings. The number of rotatable bonds is 5. The molecule has 2 N–H and O–H groups in total. The van der Waals surface area contributed by atoms with Gasteiger partial charge in [-0.3, -0.25) is 9.59 Å². The van der Waals surface area contributed by atoms with Crippen molar-refractivity contribution in [2.75, 3.05) is 69.2 Å². The third-order valence-corrected chi connectivity index (χ3v) is 4.73. The van der Waals surface area contributed by atoms with Gasteiger partial charge >= 0.3 is 5.97 Å². The van der Waals surface area contributed by atoms with Gasteiger partial charge < -0.3 is 29.9 Å². The number of ether oxygens (including phenoxy) is 1. The van der Waals surface area contributed by atoms with Gasteiger partial charge in [-0.25, -0.2) is 9.78 Å². The Morgan fingerprint density at radius 1 is 1.07 bits per heavy atom. The van der Waals surface area contributed by atoms with Crippen LogP contribution in [-0.2, 0) is 14.3 Å². The lowest BCUT2D eigenvalue weighted by atomic mass is 10.3. The highest BCUT2D eigenvalue weighted by molar-refractivity contribution is 5.87. The van der Waals surface area contributed by atoms with Crippen molar-refractivity contribution in [2.45, 2.75) is 6.92 Å². The zero-order valence-electron chi connectivity index (χ0n) is 15.8. The highest BCUT2D eigenvalue weighted by atomic mass is 16.5. The van der Waals surface area contributed by atoms with Crippen molar-refractivity contribution in [3.05, 3.63) is 11.8 Å². The Bertz CT molecular complexity index is 744. The molecule has 2 saturated heterocycles. The Hall–Kier alpha value is -2.95. The van der Waals surface area contributed by atoms with Crippen molar-refractivity contribution in [3.8, 4) is 0 Å². The number of carbonyl (C=O) groups is 3. The maximum absolute atomic E-state index is 12.4. The molecular formula is C17H24N6O5. The van der Waals surface area contributed by atoms with Crippen molar-refractivity contribution in [3.63, 3.8) is 0 Å². The number of morpholine rings is 1. The zero-order valence-corrected chi connectivity index (χ0v) is 15.8. The Morgan fingerprint density at radius 3 is 2.32 bits per heavy atom. The molecule has 0 aromatic carbocycles. The Labute approximate surface area is 162 Å². The minimum absolute atomic E-state index is 0.00283. The van der Waals surface area contributed by atoms with E-state index in [1.165, 1.54) is 13.0 Å². The van der Waals surface area contributed by atoms with Crippen LogP contribution in [0.2, 0.25) is 0 Å². The van der Waals surface area contributed by atoms with Crippen LogP contribution in [0.1, 0.15) is 17.4 Å². The van der Waals surface area contributed by atoms with E-state index in [1.807, 2.05) is 4.90 Å². The summed E-state index contributed by atoms with van der Waals surface area (Å²) in [4.78, 5) is 48.9. The molecule has 152 valence electrons. The van der Waals surface area contributed by atoms with Crippen LogP contribution in [-0.4, -0.2) is 102 Å². The molecule has 2 aliphatic heterocycles. The van der Waals surface area contributed by atoms with E-state index in [4.69, 9.17) is 4.74 Å². The van der Waals surface area contributed by atoms with E-state index in [0.717, 1.165) is 0 Å². The summed E-state index contributed by atoms with van der Waals surface area (Å²) >= 11 is 0. The van der Waals surface area contributed by atoms with Crippen molar-refractivity contribution in [1.29, 1.82) is 0 Å². The molecule has 1 aromatic heterocycles. The van der Waals surface area contributed by atoms with E-state index in [0.29, 0.717) is 58.4 Å². The van der Waals surface area contributed by atoms with E-state index in [2.05, 4.69) is 15.3 Å². The fourth-order valence-corrected chi connectivity index (χ4v) is 3.09. The van der Waals surface area contributed by atoms with Gasteiger partial charge in [0, 0.05) is 52.3 Å². The lowest BCUT2D eigenvalue weighted by molar-refractivity contribution is -0.137. The molecule has 0 radical (unpaired) electrons. The normalized spacial score (nSPS) is 17.4. The summed E-state index contributed by atoms with van der Waals surface area (Å²) in [6.07, 6.45) is 0. The van der Waals surface area contributed by atoms with E-state index in [-0.39, 0.29) is 29.9 Å². The number of piperazine rings is 1. The standard InChI is InChI=1S/C17H24N6O5/c1-12(24)21-2-4-22(5-3-21)15(25)11-18-14-10-13(16(26)27)19-17(20-14)23-6-8-28-9-7-23/h10H,2-9,11H2,1H3,(H,26,27)(H,18,19,20). The average Bonchev–Trinajstić information content (AvgIpc) is 2.72. The van der Waals surface area contributed by atoms with E-state index in [1.54, 1.807) is 9.80 Å². The molecule has 0 spiro atoms. The molecule has 11 heteroatoms. The summed E-state index contributed by atoms with van der Waals surface area (Å²) in [5, 5.41) is 12.2. The number of hydrogen-bond donors (Lipinski definition) is 2. The van der Waals surface area contributed by atoms with Crippen LogP contribution in [0.25, 0.3) is 0 Å². The SMILES string of the molecule is CC(=O)N1CCN(C(=O)CNc2cc(C(=O)O)nc(N3CCOCC3)n2)CC1. The minimum atomic E-state index is -1.16. The summed E-state index contributed by atoms with van der Waals surface area (Å²) in [5.41, 5.74) is -0.137. The third kappa shape index (κ3) is 4.85. The molecule has 11 nitrogen and oxygen atoms in total. The van der Waals surface area contributed by atoms with Crippen LogP contribution in [0, 0.1) is 0 Å². The second-order valence-corrected chi connectivity index (χ2v) is 6.58. The molecule has 0 atom stereocenters. The Balaban J connectivity index is 1.63. The number of amides is 2. The number of carboxylic acid groups (broad SMARTS) is 1. The summed E-state index contributed by atoms with van der Waals surface area (Å²) in [6, 6.07) is 1.31. The molecule has 28 heavy (non-hydrogen) atoms. The van der Waals surface area contributed by atoms with E-state index >= 15 is 0 Å². The second kappa shape index (κ2) is 8.83. The molecule has 0 unspecified atom stereocenters.